The number of imidazole rings is 2. The van der Waals surface area contributed by atoms with Gasteiger partial charge in [-0.25, -0.2) is 28.1 Å². The van der Waals surface area contributed by atoms with Gasteiger partial charge in [0.2, 0.25) is 42.3 Å². The Morgan fingerprint density at radius 1 is 0.509 bits per heavy atom. The third kappa shape index (κ3) is 32.9. The van der Waals surface area contributed by atoms with Crippen LogP contribution in [0.5, 0.6) is 11.5 Å². The molecule has 2 aromatic heterocycles. The van der Waals surface area contributed by atoms with Crippen LogP contribution in [0, 0.1) is 0 Å². The van der Waals surface area contributed by atoms with Crippen molar-refractivity contribution < 1.29 is 172 Å². The Bertz CT molecular complexity index is 3950. The van der Waals surface area contributed by atoms with Crippen LogP contribution < -0.4 is 76.4 Å². The van der Waals surface area contributed by atoms with Crippen LogP contribution in [0.15, 0.2) is 122 Å². The maximum Gasteiger partial charge on any atom is 0.511 e. The number of piperazine rings is 2. The summed E-state index contributed by atoms with van der Waals surface area (Å²) < 4.78 is 95.4. The van der Waals surface area contributed by atoms with Crippen LogP contribution in [0.1, 0.15) is 58.4 Å². The molecule has 0 bridgehead atoms. The molecule has 4 fully saturated rings. The number of aryl methyl sites for hydroxylation is 1. The lowest BCUT2D eigenvalue weighted by Gasteiger charge is -2.35. The summed E-state index contributed by atoms with van der Waals surface area (Å²) in [6.07, 6.45) is 6.63. The normalized spacial score (nSPS) is 18.4. The molecule has 0 spiro atoms. The van der Waals surface area contributed by atoms with Crippen LogP contribution in [0.2, 0.25) is 20.1 Å². The lowest BCUT2D eigenvalue weighted by Crippen LogP contribution is -3.00. The molecule has 40 heteroatoms. The van der Waals surface area contributed by atoms with E-state index in [9.17, 15) is 28.8 Å². The van der Waals surface area contributed by atoms with Crippen molar-refractivity contribution in [3.8, 4) is 11.5 Å². The third-order valence-corrected chi connectivity index (χ3v) is 18.7. The monoisotopic (exact) mass is 1970 g/mol. The highest BCUT2D eigenvalue weighted by atomic mass is 127. The Kier molecular flexibility index (Phi) is 43.5. The fourth-order valence-electron chi connectivity index (χ4n) is 11.9. The van der Waals surface area contributed by atoms with E-state index in [1.165, 1.54) is 13.8 Å². The van der Waals surface area contributed by atoms with Gasteiger partial charge in [-0.3, -0.25) is 14.4 Å². The predicted octanol–water partition coefficient (Wildman–Crippen LogP) is 3.31. The number of ether oxygens (including phenoxy) is 16. The summed E-state index contributed by atoms with van der Waals surface area (Å²) in [5, 5.41) is 17.9. The quantitative estimate of drug-likeness (QED) is 0.0141. The lowest BCUT2D eigenvalue weighted by molar-refractivity contribution is -0.720. The fraction of sp³-hybridized carbons (Fsp3) is 0.526. The number of nitrogens with zero attached hydrogens (tertiary/aromatic N) is 8. The van der Waals surface area contributed by atoms with Crippen LogP contribution in [0.3, 0.4) is 0 Å². The van der Waals surface area contributed by atoms with E-state index in [-0.39, 0.29) is 172 Å². The average molecular weight is 1970 g/mol. The first-order valence-electron chi connectivity index (χ1n) is 36.8. The smallest absolute Gasteiger partial charge is 0.511 e. The third-order valence-electron chi connectivity index (χ3n) is 17.4. The van der Waals surface area contributed by atoms with Gasteiger partial charge in [0.15, 0.2) is 11.1 Å². The van der Waals surface area contributed by atoms with Crippen molar-refractivity contribution in [3.63, 3.8) is 0 Å². The molecule has 0 saturated carbocycles. The number of benzene rings is 4. The lowest BCUT2D eigenvalue weighted by atomic mass is 10.1. The van der Waals surface area contributed by atoms with Crippen molar-refractivity contribution in [2.45, 2.75) is 102 Å². The average Bonchev–Trinajstić information content (AvgIpc) is 1.62. The predicted molar refractivity (Wildman–Crippen MR) is 415 cm³/mol. The molecule has 7 atom stereocenters. The minimum absolute atomic E-state index is 0. The zero-order valence-corrected chi connectivity index (χ0v) is 73.6. The van der Waals surface area contributed by atoms with E-state index in [4.69, 9.17) is 132 Å². The maximum atomic E-state index is 12.7. The van der Waals surface area contributed by atoms with E-state index in [0.29, 0.717) is 88.7 Å². The van der Waals surface area contributed by atoms with Crippen molar-refractivity contribution in [1.29, 1.82) is 0 Å². The summed E-state index contributed by atoms with van der Waals surface area (Å²) in [6, 6.07) is 26.1. The first kappa shape index (κ1) is 98.4. The number of carbonyl (C=O) groups excluding carboxylic acids is 6. The molecule has 0 radical (unpaired) electrons. The minimum atomic E-state index is -1.31. The molecular weight excluding hydrogens is 1880 g/mol. The van der Waals surface area contributed by atoms with E-state index in [1.807, 2.05) is 90.8 Å². The summed E-state index contributed by atoms with van der Waals surface area (Å²) in [4.78, 5) is 78.9. The van der Waals surface area contributed by atoms with Crippen LogP contribution in [0.25, 0.3) is 0 Å². The van der Waals surface area contributed by atoms with Gasteiger partial charge in [-0.15, -0.1) is 0 Å². The number of hydrogen-bond acceptors (Lipinski definition) is 26. The van der Waals surface area contributed by atoms with Gasteiger partial charge in [-0.1, -0.05) is 81.7 Å². The molecule has 4 aliphatic rings. The van der Waals surface area contributed by atoms with Crippen molar-refractivity contribution >= 4 is 117 Å². The molecule has 116 heavy (non-hydrogen) atoms. The number of esters is 1. The van der Waals surface area contributed by atoms with E-state index in [0.717, 1.165) is 37.6 Å². The molecule has 2 amide bonds. The molecule has 0 aliphatic carbocycles. The number of alkyl halides is 2. The summed E-state index contributed by atoms with van der Waals surface area (Å²) in [6.45, 7) is 16.3. The number of aliphatic hydroxyl groups excluding tert-OH is 2. The van der Waals surface area contributed by atoms with Gasteiger partial charge < -0.3 is 154 Å². The van der Waals surface area contributed by atoms with Crippen molar-refractivity contribution in [1.82, 2.24) is 18.9 Å². The second kappa shape index (κ2) is 51.2. The van der Waals surface area contributed by atoms with Crippen molar-refractivity contribution in [2.75, 3.05) is 168 Å². The standard InChI is InChI=1S/C62H72Cl4N8O14.C10H16Cl2O7.C4H10O3.2HI/c1-44(75)70-22-26-72(27-23-70)49-6-10-51(11-7-49)82-36-53-38-84-61(87-53,55-14-4-47(63)34-57(55)65)40-68-19-18-67(42-68)17-16-59(77)80-32-30-79-31-33-81-60(78)86-46(3)74-21-20-69(43-74)41-62(56-15-5-48(64)35-58(56)66)85-39-54(88-62)37-83-52-12-8-50(9-13-52)73-28-24-71(25-29-73)45(2)76;1-7(11)18-9(13)16-5-3-15-4-6-17-10(14)19-8(2)12;5-1-3-7-4-2-6;;/h4-15,18-21,34-35,42-43,46,53-54H,16-17,22-33,36-41H2,1-3H3;7-8H,3-6H2,1-2H3;5-6H,1-4H2;2*1H/q+2;;;;/p-2/t46?,53-,54-,61-,62-;;;;/m1..../s1. The van der Waals surface area contributed by atoms with Crippen LogP contribution in [-0.2, 0) is 112 Å². The Labute approximate surface area is 737 Å². The van der Waals surface area contributed by atoms with Gasteiger partial charge in [-0.2, -0.15) is 4.57 Å². The maximum absolute atomic E-state index is 12.7. The zero-order valence-electron chi connectivity index (χ0n) is 64.7. The first-order valence-corrected chi connectivity index (χ1v) is 39.2. The van der Waals surface area contributed by atoms with Gasteiger partial charge in [-0.05, 0) is 86.6 Å². The Morgan fingerprint density at radius 3 is 1.31 bits per heavy atom. The number of carbonyl (C=O) groups is 6. The topological polar surface area (TPSA) is 321 Å². The van der Waals surface area contributed by atoms with Crippen molar-refractivity contribution in [2.24, 2.45) is 0 Å². The summed E-state index contributed by atoms with van der Waals surface area (Å²) in [5.41, 5.74) is 1.81. The molecule has 6 heterocycles. The minimum Gasteiger partial charge on any atom is -1.00 e. The Morgan fingerprint density at radius 2 is 0.905 bits per heavy atom. The van der Waals surface area contributed by atoms with E-state index >= 15 is 0 Å². The van der Waals surface area contributed by atoms with Gasteiger partial charge >= 0.3 is 24.4 Å². The SMILES string of the molecule is CC(=O)N1CCN(c2ccc(OC[C@@H]3CO[C@@](C[n+]4ccn(CCC(=O)OCCOCCOC(=O)OC(C)n5cc[n+](C[C@@]6(c7ccc(Cl)cc7Cl)OC[C@@H](COc7ccc(N8CCN(C(C)=O)CC8)cc7)O6)c5)c4)(c4ccc(Cl)cc4Cl)O3)cc2)CC1.CC(Cl)OC(=O)OCCOCCOC(=O)OC(C)Cl.OCCOCCO.[I-].[I-]. The number of aromatic nitrogens is 4. The second-order valence-electron chi connectivity index (χ2n) is 25.9. The Balaban J connectivity index is 0.000000640. The highest BCUT2D eigenvalue weighted by Gasteiger charge is 2.49. The van der Waals surface area contributed by atoms with Crippen LogP contribution in [-0.4, -0.2) is 247 Å². The van der Waals surface area contributed by atoms with Crippen molar-refractivity contribution in [3.05, 3.63) is 154 Å². The molecular formula is C76H98Cl6I2N8O24. The number of rotatable bonds is 37. The fourth-order valence-corrected chi connectivity index (χ4v) is 13.1. The zero-order chi connectivity index (χ0) is 82.0. The molecule has 6 aromatic rings. The van der Waals surface area contributed by atoms with Gasteiger partial charge in [0.1, 0.15) is 108 Å². The summed E-state index contributed by atoms with van der Waals surface area (Å²) in [7, 11) is 0. The molecule has 4 saturated heterocycles. The Hall–Kier alpha value is -6.44. The van der Waals surface area contributed by atoms with E-state index < -0.39 is 65.6 Å². The molecule has 3 unspecified atom stereocenters. The highest BCUT2D eigenvalue weighted by molar-refractivity contribution is 6.35. The summed E-state index contributed by atoms with van der Waals surface area (Å²) in [5.74, 6) is -1.45. The number of aliphatic hydroxyl groups is 2. The van der Waals surface area contributed by atoms with Gasteiger partial charge in [0.25, 0.3) is 0 Å². The molecule has 4 aromatic carbocycles. The number of halogens is 8. The number of amides is 2. The molecule has 2 N–H and O–H groups in total. The number of hydrogen-bond donors (Lipinski definition) is 2. The largest absolute Gasteiger partial charge is 1.00 e. The number of anilines is 2. The summed E-state index contributed by atoms with van der Waals surface area (Å²) >= 11 is 36.9. The molecule has 642 valence electrons. The van der Waals surface area contributed by atoms with Gasteiger partial charge in [0, 0.05) is 106 Å². The molecule has 4 aliphatic heterocycles. The van der Waals surface area contributed by atoms with Crippen LogP contribution in [0.4, 0.5) is 25.8 Å². The van der Waals surface area contributed by atoms with Gasteiger partial charge in [0.05, 0.1) is 82.5 Å². The molecule has 32 nitrogen and oxygen atoms in total. The van der Waals surface area contributed by atoms with Crippen LogP contribution >= 0.6 is 69.6 Å². The first-order chi connectivity index (χ1) is 54.8. The second-order valence-corrected chi connectivity index (χ2v) is 28.8. The van der Waals surface area contributed by atoms with E-state index in [1.54, 1.807) is 80.5 Å². The van der Waals surface area contributed by atoms with E-state index in [2.05, 4.69) is 33.5 Å². The molecule has 10 rings (SSSR count). The highest BCUT2D eigenvalue weighted by Crippen LogP contribution is 2.42.